The standard InChI is InChI=1S/C29H45/c1-4-7-10-13-18-26-19-17-24-29(25-26,23-16-11-8-5-2)28-22-15-14-21-27(28)20-12-9-6-3/h14-15,17,19,21-22,24-25H,4-13,16,18,20,23H2,1-3H3. The van der Waals surface area contributed by atoms with Crippen molar-refractivity contribution in [3.05, 3.63) is 65.6 Å². The van der Waals surface area contributed by atoms with E-state index in [0.29, 0.717) is 0 Å². The second-order valence-corrected chi connectivity index (χ2v) is 9.02. The van der Waals surface area contributed by atoms with Crippen LogP contribution in [-0.4, -0.2) is 0 Å². The van der Waals surface area contributed by atoms with Crippen LogP contribution in [0, 0.1) is 6.42 Å². The predicted octanol–water partition coefficient (Wildman–Crippen LogP) is 9.30. The maximum atomic E-state index is 2.64. The fourth-order valence-electron chi connectivity index (χ4n) is 4.74. The lowest BCUT2D eigenvalue weighted by Crippen LogP contribution is -2.25. The first-order valence-corrected chi connectivity index (χ1v) is 12.6. The van der Waals surface area contributed by atoms with Gasteiger partial charge < -0.3 is 0 Å². The Morgan fingerprint density at radius 1 is 0.690 bits per heavy atom. The third-order valence-electron chi connectivity index (χ3n) is 6.48. The summed E-state index contributed by atoms with van der Waals surface area (Å²) in [4.78, 5) is 0. The van der Waals surface area contributed by atoms with E-state index in [2.05, 4.69) is 69.7 Å². The fraction of sp³-hybridized carbons (Fsp3) is 0.621. The molecule has 161 valence electrons. The second-order valence-electron chi connectivity index (χ2n) is 9.02. The van der Waals surface area contributed by atoms with E-state index in [4.69, 9.17) is 0 Å². The molecule has 29 heavy (non-hydrogen) atoms. The quantitative estimate of drug-likeness (QED) is 0.260. The molecule has 0 nitrogen and oxygen atoms in total. The Kier molecular flexibility index (Phi) is 11.4. The fourth-order valence-corrected chi connectivity index (χ4v) is 4.74. The number of allylic oxidation sites excluding steroid dienone is 4. The summed E-state index contributed by atoms with van der Waals surface area (Å²) in [7, 11) is 0. The van der Waals surface area contributed by atoms with E-state index in [1.165, 1.54) is 89.9 Å². The summed E-state index contributed by atoms with van der Waals surface area (Å²) in [5.41, 5.74) is 4.81. The summed E-state index contributed by atoms with van der Waals surface area (Å²) in [6, 6.07) is 9.30. The average molecular weight is 394 g/mol. The minimum Gasteiger partial charge on any atom is -0.0792 e. The van der Waals surface area contributed by atoms with Gasteiger partial charge in [-0.1, -0.05) is 127 Å². The van der Waals surface area contributed by atoms with Gasteiger partial charge in [0.25, 0.3) is 0 Å². The van der Waals surface area contributed by atoms with Gasteiger partial charge in [-0.15, -0.1) is 0 Å². The van der Waals surface area contributed by atoms with Crippen LogP contribution in [0.5, 0.6) is 0 Å². The molecule has 0 amide bonds. The van der Waals surface area contributed by atoms with Crippen molar-refractivity contribution in [3.8, 4) is 0 Å². The normalized spacial score (nSPS) is 18.8. The van der Waals surface area contributed by atoms with Crippen molar-refractivity contribution in [1.29, 1.82) is 0 Å². The van der Waals surface area contributed by atoms with Gasteiger partial charge in [-0.3, -0.25) is 0 Å². The monoisotopic (exact) mass is 393 g/mol. The van der Waals surface area contributed by atoms with Crippen molar-refractivity contribution in [2.45, 2.75) is 116 Å². The zero-order chi connectivity index (χ0) is 20.8. The van der Waals surface area contributed by atoms with E-state index in [1.807, 2.05) is 0 Å². The van der Waals surface area contributed by atoms with Gasteiger partial charge in [0.15, 0.2) is 0 Å². The molecule has 1 aromatic carbocycles. The molecule has 0 aliphatic heterocycles. The summed E-state index contributed by atoms with van der Waals surface area (Å²) in [6.45, 7) is 6.91. The van der Waals surface area contributed by atoms with Crippen molar-refractivity contribution in [2.75, 3.05) is 0 Å². The van der Waals surface area contributed by atoms with Crippen LogP contribution in [-0.2, 0) is 11.8 Å². The number of hydrogen-bond donors (Lipinski definition) is 0. The Morgan fingerprint density at radius 2 is 1.34 bits per heavy atom. The first kappa shape index (κ1) is 24.0. The number of hydrogen-bond acceptors (Lipinski definition) is 0. The van der Waals surface area contributed by atoms with Gasteiger partial charge in [0.05, 0.1) is 0 Å². The molecule has 0 saturated heterocycles. The lowest BCUT2D eigenvalue weighted by molar-refractivity contribution is 0.522. The Hall–Kier alpha value is -1.30. The van der Waals surface area contributed by atoms with Gasteiger partial charge in [-0.25, -0.2) is 0 Å². The zero-order valence-electron chi connectivity index (χ0n) is 19.5. The lowest BCUT2D eigenvalue weighted by atomic mass is 9.70. The molecule has 0 fully saturated rings. The lowest BCUT2D eigenvalue weighted by Gasteiger charge is -2.34. The minimum absolute atomic E-state index is 0.103. The SMILES string of the molecule is CCCCCCC1=CC(CCCCCC)(c2ccccc2CCCCC)C=C[CH]1. The summed E-state index contributed by atoms with van der Waals surface area (Å²) in [5.74, 6) is 0. The molecule has 0 spiro atoms. The molecular weight excluding hydrogens is 348 g/mol. The highest BCUT2D eigenvalue weighted by Gasteiger charge is 2.30. The molecule has 1 atom stereocenters. The van der Waals surface area contributed by atoms with Crippen LogP contribution in [0.15, 0.2) is 48.1 Å². The Bertz CT molecular complexity index is 621. The van der Waals surface area contributed by atoms with Gasteiger partial charge in [-0.2, -0.15) is 0 Å². The van der Waals surface area contributed by atoms with Crippen LogP contribution in [0.1, 0.15) is 115 Å². The van der Waals surface area contributed by atoms with E-state index in [9.17, 15) is 0 Å². The van der Waals surface area contributed by atoms with Crippen molar-refractivity contribution >= 4 is 0 Å². The van der Waals surface area contributed by atoms with Crippen LogP contribution >= 0.6 is 0 Å². The number of unbranched alkanes of at least 4 members (excludes halogenated alkanes) is 8. The number of aryl methyl sites for hydroxylation is 1. The van der Waals surface area contributed by atoms with Crippen LogP contribution in [0.4, 0.5) is 0 Å². The molecule has 1 aliphatic rings. The minimum atomic E-state index is 0.103. The molecule has 0 aromatic heterocycles. The largest absolute Gasteiger partial charge is 0.0792 e. The van der Waals surface area contributed by atoms with Crippen molar-refractivity contribution < 1.29 is 0 Å². The van der Waals surface area contributed by atoms with Gasteiger partial charge in [0.2, 0.25) is 0 Å². The highest BCUT2D eigenvalue weighted by atomic mass is 14.3. The van der Waals surface area contributed by atoms with E-state index < -0.39 is 0 Å². The maximum Gasteiger partial charge on any atom is 0.0317 e. The summed E-state index contributed by atoms with van der Waals surface area (Å²) in [5, 5.41) is 0. The molecule has 0 bridgehead atoms. The second kappa shape index (κ2) is 13.8. The Morgan fingerprint density at radius 3 is 2.10 bits per heavy atom. The van der Waals surface area contributed by atoms with Gasteiger partial charge in [-0.05, 0) is 43.2 Å². The highest BCUT2D eigenvalue weighted by molar-refractivity contribution is 5.48. The van der Waals surface area contributed by atoms with Crippen LogP contribution in [0.2, 0.25) is 0 Å². The molecular formula is C29H45. The van der Waals surface area contributed by atoms with Crippen LogP contribution < -0.4 is 0 Å². The Balaban J connectivity index is 2.25. The highest BCUT2D eigenvalue weighted by Crippen LogP contribution is 2.40. The Labute approximate surface area is 181 Å². The molecule has 1 aliphatic carbocycles. The van der Waals surface area contributed by atoms with E-state index >= 15 is 0 Å². The van der Waals surface area contributed by atoms with Gasteiger partial charge in [0, 0.05) is 11.8 Å². The zero-order valence-corrected chi connectivity index (χ0v) is 19.5. The van der Waals surface area contributed by atoms with E-state index in [0.717, 1.165) is 0 Å². The first-order chi connectivity index (χ1) is 14.3. The number of rotatable bonds is 15. The molecule has 1 unspecified atom stereocenters. The third kappa shape index (κ3) is 7.80. The van der Waals surface area contributed by atoms with Crippen LogP contribution in [0.25, 0.3) is 0 Å². The summed E-state index contributed by atoms with van der Waals surface area (Å²) >= 11 is 0. The molecule has 1 radical (unpaired) electrons. The predicted molar refractivity (Wildman–Crippen MR) is 130 cm³/mol. The molecule has 2 rings (SSSR count). The topological polar surface area (TPSA) is 0 Å². The molecule has 1 aromatic rings. The van der Waals surface area contributed by atoms with Crippen molar-refractivity contribution in [2.24, 2.45) is 0 Å². The average Bonchev–Trinajstić information content (AvgIpc) is 2.75. The van der Waals surface area contributed by atoms with Gasteiger partial charge in [0.1, 0.15) is 0 Å². The molecule has 0 heterocycles. The van der Waals surface area contributed by atoms with Crippen molar-refractivity contribution in [3.63, 3.8) is 0 Å². The molecule has 0 N–H and O–H groups in total. The summed E-state index contributed by atoms with van der Waals surface area (Å²) in [6.07, 6.45) is 28.2. The number of benzene rings is 1. The summed E-state index contributed by atoms with van der Waals surface area (Å²) < 4.78 is 0. The molecule has 0 heteroatoms. The smallest absolute Gasteiger partial charge is 0.0317 e. The molecule has 0 saturated carbocycles. The third-order valence-corrected chi connectivity index (χ3v) is 6.48. The van der Waals surface area contributed by atoms with Gasteiger partial charge >= 0.3 is 0 Å². The van der Waals surface area contributed by atoms with Crippen LogP contribution in [0.3, 0.4) is 0 Å². The van der Waals surface area contributed by atoms with E-state index in [-0.39, 0.29) is 5.41 Å². The first-order valence-electron chi connectivity index (χ1n) is 12.6. The van der Waals surface area contributed by atoms with E-state index in [1.54, 1.807) is 16.7 Å². The van der Waals surface area contributed by atoms with Crippen molar-refractivity contribution in [1.82, 2.24) is 0 Å². The maximum absolute atomic E-state index is 2.64.